The van der Waals surface area contributed by atoms with E-state index in [9.17, 15) is 4.79 Å². The topological polar surface area (TPSA) is 97.5 Å². The number of nitrogens with zero attached hydrogens (tertiary/aromatic N) is 5. The number of hydrogen-bond donors (Lipinski definition) is 1. The summed E-state index contributed by atoms with van der Waals surface area (Å²) >= 11 is 0. The number of nitrogen functional groups attached to an aromatic ring is 1. The summed E-state index contributed by atoms with van der Waals surface area (Å²) in [4.78, 5) is 30.1. The summed E-state index contributed by atoms with van der Waals surface area (Å²) in [5.74, 6) is 1.25. The number of aryl methyl sites for hydroxylation is 1. The highest BCUT2D eigenvalue weighted by atomic mass is 16.5. The van der Waals surface area contributed by atoms with Crippen LogP contribution in [0, 0.1) is 12.8 Å². The number of carbonyl (C=O) groups is 1. The number of ether oxygens (including phenoxy) is 1. The van der Waals surface area contributed by atoms with E-state index in [0.717, 1.165) is 48.1 Å². The van der Waals surface area contributed by atoms with Gasteiger partial charge in [-0.25, -0.2) is 9.97 Å². The Balaban J connectivity index is 1.40. The molecule has 31 heavy (non-hydrogen) atoms. The number of pyridine rings is 1. The number of aromatic nitrogens is 3. The minimum absolute atomic E-state index is 0.201. The molecule has 0 spiro atoms. The van der Waals surface area contributed by atoms with E-state index in [1.54, 1.807) is 12.4 Å². The molecule has 166 valence electrons. The van der Waals surface area contributed by atoms with Crippen LogP contribution in [0.2, 0.25) is 0 Å². The van der Waals surface area contributed by atoms with E-state index in [1.807, 2.05) is 24.0 Å². The summed E-state index contributed by atoms with van der Waals surface area (Å²) in [5, 5.41) is 0. The number of rotatable bonds is 5. The molecule has 2 saturated heterocycles. The van der Waals surface area contributed by atoms with Crippen LogP contribution in [0.3, 0.4) is 0 Å². The number of amides is 1. The Labute approximate surface area is 183 Å². The molecule has 0 aromatic carbocycles. The molecule has 0 radical (unpaired) electrons. The Morgan fingerprint density at radius 2 is 1.90 bits per heavy atom. The highest BCUT2D eigenvalue weighted by molar-refractivity contribution is 5.76. The molecule has 2 aliphatic heterocycles. The minimum Gasteiger partial charge on any atom is -0.368 e. The minimum atomic E-state index is -0.234. The number of likely N-dealkylation sites (tertiary alicyclic amines) is 1. The van der Waals surface area contributed by atoms with E-state index in [-0.39, 0.29) is 18.0 Å². The van der Waals surface area contributed by atoms with Crippen LogP contribution in [0.1, 0.15) is 43.7 Å². The second-order valence-corrected chi connectivity index (χ2v) is 8.73. The average Bonchev–Trinajstić information content (AvgIpc) is 2.78. The van der Waals surface area contributed by atoms with Crippen LogP contribution in [-0.2, 0) is 9.53 Å². The lowest BCUT2D eigenvalue weighted by atomic mass is 9.99. The van der Waals surface area contributed by atoms with Gasteiger partial charge in [0.1, 0.15) is 6.10 Å². The van der Waals surface area contributed by atoms with E-state index in [2.05, 4.69) is 26.8 Å². The molecule has 2 N–H and O–H groups in total. The van der Waals surface area contributed by atoms with Gasteiger partial charge in [-0.1, -0.05) is 6.92 Å². The number of morpholine rings is 1. The third-order valence-corrected chi connectivity index (χ3v) is 6.25. The van der Waals surface area contributed by atoms with E-state index < -0.39 is 0 Å². The van der Waals surface area contributed by atoms with Gasteiger partial charge in [0, 0.05) is 43.2 Å². The largest absolute Gasteiger partial charge is 0.368 e. The smallest absolute Gasteiger partial charge is 0.224 e. The summed E-state index contributed by atoms with van der Waals surface area (Å²) < 4.78 is 6.00. The van der Waals surface area contributed by atoms with Crippen molar-refractivity contribution in [2.45, 2.75) is 39.2 Å². The van der Waals surface area contributed by atoms with Gasteiger partial charge in [0.25, 0.3) is 0 Å². The van der Waals surface area contributed by atoms with Gasteiger partial charge in [-0.15, -0.1) is 0 Å². The molecule has 2 aliphatic rings. The molecule has 0 aliphatic carbocycles. The molecule has 0 unspecified atom stereocenters. The van der Waals surface area contributed by atoms with Gasteiger partial charge in [0.15, 0.2) is 0 Å². The lowest BCUT2D eigenvalue weighted by Crippen LogP contribution is -2.44. The van der Waals surface area contributed by atoms with Crippen LogP contribution in [-0.4, -0.2) is 70.0 Å². The van der Waals surface area contributed by atoms with Crippen molar-refractivity contribution in [2.75, 3.05) is 45.1 Å². The maximum absolute atomic E-state index is 12.9. The second kappa shape index (κ2) is 9.70. The Bertz CT molecular complexity index is 895. The maximum atomic E-state index is 12.9. The standard InChI is InChI=1S/C23H32N6O2/c1-16-3-6-28(7-4-16)8-5-22(30)29-9-10-31-21(15-29)20-12-18(11-17(2)27-20)19-13-25-23(24)26-14-19/h11-14,16,21H,3-10,15H2,1-2H3,(H2,24,25,26)/t21-/m0/s1. The maximum Gasteiger partial charge on any atom is 0.224 e. The van der Waals surface area contributed by atoms with Crippen molar-refractivity contribution in [3.05, 3.63) is 35.9 Å². The number of anilines is 1. The molecule has 1 atom stereocenters. The first-order valence-electron chi connectivity index (χ1n) is 11.2. The Hall–Kier alpha value is -2.58. The Morgan fingerprint density at radius 3 is 2.65 bits per heavy atom. The quantitative estimate of drug-likeness (QED) is 0.787. The van der Waals surface area contributed by atoms with E-state index in [0.29, 0.717) is 26.1 Å². The molecular formula is C23H32N6O2. The fourth-order valence-corrected chi connectivity index (χ4v) is 4.27. The van der Waals surface area contributed by atoms with Gasteiger partial charge < -0.3 is 20.3 Å². The van der Waals surface area contributed by atoms with Crippen molar-refractivity contribution in [1.29, 1.82) is 0 Å². The van der Waals surface area contributed by atoms with Crippen molar-refractivity contribution in [1.82, 2.24) is 24.8 Å². The zero-order valence-corrected chi connectivity index (χ0v) is 18.5. The van der Waals surface area contributed by atoms with Crippen molar-refractivity contribution in [3.8, 4) is 11.1 Å². The molecule has 2 aromatic rings. The van der Waals surface area contributed by atoms with E-state index in [4.69, 9.17) is 10.5 Å². The van der Waals surface area contributed by atoms with Crippen molar-refractivity contribution < 1.29 is 9.53 Å². The number of nitrogens with two attached hydrogens (primary N) is 1. The fraction of sp³-hybridized carbons (Fsp3) is 0.565. The molecular weight excluding hydrogens is 392 g/mol. The highest BCUT2D eigenvalue weighted by Crippen LogP contribution is 2.27. The molecule has 8 heteroatoms. The summed E-state index contributed by atoms with van der Waals surface area (Å²) in [6.45, 7) is 9.00. The fourth-order valence-electron chi connectivity index (χ4n) is 4.27. The zero-order valence-electron chi connectivity index (χ0n) is 18.5. The predicted molar refractivity (Wildman–Crippen MR) is 119 cm³/mol. The summed E-state index contributed by atoms with van der Waals surface area (Å²) in [6.07, 6.45) is 6.21. The molecule has 4 heterocycles. The number of hydrogen-bond acceptors (Lipinski definition) is 7. The van der Waals surface area contributed by atoms with Gasteiger partial charge in [-0.2, -0.15) is 0 Å². The third-order valence-electron chi connectivity index (χ3n) is 6.25. The summed E-state index contributed by atoms with van der Waals surface area (Å²) in [5.41, 5.74) is 9.16. The van der Waals surface area contributed by atoms with Crippen molar-refractivity contribution in [2.24, 2.45) is 5.92 Å². The van der Waals surface area contributed by atoms with Gasteiger partial charge in [-0.3, -0.25) is 9.78 Å². The van der Waals surface area contributed by atoms with Gasteiger partial charge >= 0.3 is 0 Å². The lowest BCUT2D eigenvalue weighted by molar-refractivity contribution is -0.139. The first kappa shape index (κ1) is 21.6. The normalized spacial score (nSPS) is 20.7. The zero-order chi connectivity index (χ0) is 21.8. The molecule has 8 nitrogen and oxygen atoms in total. The highest BCUT2D eigenvalue weighted by Gasteiger charge is 2.27. The Morgan fingerprint density at radius 1 is 1.16 bits per heavy atom. The van der Waals surface area contributed by atoms with Crippen LogP contribution >= 0.6 is 0 Å². The van der Waals surface area contributed by atoms with Gasteiger partial charge in [-0.05, 0) is 56.5 Å². The first-order chi connectivity index (χ1) is 15.0. The summed E-state index contributed by atoms with van der Waals surface area (Å²) in [6, 6.07) is 3.99. The Kier molecular flexibility index (Phi) is 6.77. The van der Waals surface area contributed by atoms with Gasteiger partial charge in [0.2, 0.25) is 11.9 Å². The second-order valence-electron chi connectivity index (χ2n) is 8.73. The monoisotopic (exact) mass is 424 g/mol. The van der Waals surface area contributed by atoms with Crippen LogP contribution in [0.5, 0.6) is 0 Å². The molecule has 0 saturated carbocycles. The van der Waals surface area contributed by atoms with Crippen molar-refractivity contribution in [3.63, 3.8) is 0 Å². The third kappa shape index (κ3) is 5.57. The molecule has 2 aromatic heterocycles. The van der Waals surface area contributed by atoms with Crippen molar-refractivity contribution >= 4 is 11.9 Å². The van der Waals surface area contributed by atoms with Crippen LogP contribution in [0.15, 0.2) is 24.5 Å². The first-order valence-corrected chi connectivity index (χ1v) is 11.2. The molecule has 1 amide bonds. The molecule has 2 fully saturated rings. The van der Waals surface area contributed by atoms with Crippen LogP contribution in [0.4, 0.5) is 5.95 Å². The van der Waals surface area contributed by atoms with Gasteiger partial charge in [0.05, 0.1) is 18.8 Å². The summed E-state index contributed by atoms with van der Waals surface area (Å²) in [7, 11) is 0. The molecule has 0 bridgehead atoms. The van der Waals surface area contributed by atoms with E-state index >= 15 is 0 Å². The SMILES string of the molecule is Cc1cc(-c2cnc(N)nc2)cc([C@@H]2CN(C(=O)CCN3CCC(C)CC3)CCO2)n1. The lowest BCUT2D eigenvalue weighted by Gasteiger charge is -2.34. The number of carbonyl (C=O) groups excluding carboxylic acids is 1. The van der Waals surface area contributed by atoms with Crippen LogP contribution < -0.4 is 5.73 Å². The average molecular weight is 425 g/mol. The predicted octanol–water partition coefficient (Wildman–Crippen LogP) is 2.45. The van der Waals surface area contributed by atoms with E-state index in [1.165, 1.54) is 12.8 Å². The number of piperidine rings is 1. The molecule has 4 rings (SSSR count). The van der Waals surface area contributed by atoms with Crippen LogP contribution in [0.25, 0.3) is 11.1 Å².